The first-order chi connectivity index (χ1) is 11.3. The fourth-order valence-electron chi connectivity index (χ4n) is 2.56. The third-order valence-electron chi connectivity index (χ3n) is 3.76. The van der Waals surface area contributed by atoms with E-state index < -0.39 is 0 Å². The molecule has 0 radical (unpaired) electrons. The zero-order valence-electron chi connectivity index (χ0n) is 13.0. The van der Waals surface area contributed by atoms with Crippen LogP contribution in [0.3, 0.4) is 0 Å². The molecule has 0 saturated carbocycles. The zero-order valence-corrected chi connectivity index (χ0v) is 13.8. The number of aromatic amines is 1. The zero-order chi connectivity index (χ0) is 16.1. The second-order valence-corrected chi connectivity index (χ2v) is 6.11. The van der Waals surface area contributed by atoms with Crippen LogP contribution >= 0.6 is 11.8 Å². The van der Waals surface area contributed by atoms with Crippen molar-refractivity contribution in [1.29, 1.82) is 0 Å². The van der Waals surface area contributed by atoms with Crippen LogP contribution in [0.25, 0.3) is 11.4 Å². The third-order valence-corrected chi connectivity index (χ3v) is 4.57. The minimum absolute atomic E-state index is 0.0200. The average molecular weight is 322 g/mol. The number of nitrogens with one attached hydrogen (secondary N) is 1. The molecule has 0 fully saturated rings. The second kappa shape index (κ2) is 7.29. The number of aromatic nitrogens is 2. The molecule has 3 nitrogen and oxygen atoms in total. The SMILES string of the molecule is CSc1cc(-c2ccccn2)[nH]c(=O)c1CCc1ccccc1. The molecule has 1 N–H and O–H groups in total. The Balaban J connectivity index is 1.90. The fourth-order valence-corrected chi connectivity index (χ4v) is 3.23. The standard InChI is InChI=1S/C19H18N2OS/c1-23-18-13-17(16-9-5-6-12-20-16)21-19(22)15(18)11-10-14-7-3-2-4-8-14/h2-9,12-13H,10-11H2,1H3,(H,21,22). The van der Waals surface area contributed by atoms with Gasteiger partial charge < -0.3 is 4.98 Å². The molecule has 0 atom stereocenters. The van der Waals surface area contributed by atoms with Crippen molar-refractivity contribution in [2.75, 3.05) is 6.26 Å². The molecule has 23 heavy (non-hydrogen) atoms. The van der Waals surface area contributed by atoms with Crippen LogP contribution in [0.4, 0.5) is 0 Å². The summed E-state index contributed by atoms with van der Waals surface area (Å²) in [6.07, 6.45) is 5.33. The van der Waals surface area contributed by atoms with Gasteiger partial charge in [0.25, 0.3) is 5.56 Å². The summed E-state index contributed by atoms with van der Waals surface area (Å²) < 4.78 is 0. The Morgan fingerprint density at radius 2 is 1.83 bits per heavy atom. The molecule has 1 aromatic carbocycles. The van der Waals surface area contributed by atoms with Crippen LogP contribution < -0.4 is 5.56 Å². The van der Waals surface area contributed by atoms with Gasteiger partial charge in [0.15, 0.2) is 0 Å². The Labute approximate surface area is 139 Å². The molecule has 3 aromatic rings. The minimum atomic E-state index is -0.0200. The highest BCUT2D eigenvalue weighted by atomic mass is 32.2. The summed E-state index contributed by atoms with van der Waals surface area (Å²) in [5.41, 5.74) is 3.63. The molecule has 0 unspecified atom stereocenters. The number of thioether (sulfide) groups is 1. The van der Waals surface area contributed by atoms with E-state index in [1.165, 1.54) is 5.56 Å². The van der Waals surface area contributed by atoms with Crippen molar-refractivity contribution in [1.82, 2.24) is 9.97 Å². The highest BCUT2D eigenvalue weighted by molar-refractivity contribution is 7.98. The van der Waals surface area contributed by atoms with Gasteiger partial charge in [-0.1, -0.05) is 36.4 Å². The highest BCUT2D eigenvalue weighted by Crippen LogP contribution is 2.23. The molecule has 0 spiro atoms. The summed E-state index contributed by atoms with van der Waals surface area (Å²) in [7, 11) is 0. The largest absolute Gasteiger partial charge is 0.320 e. The van der Waals surface area contributed by atoms with Gasteiger partial charge in [-0.3, -0.25) is 9.78 Å². The molecule has 0 aliphatic heterocycles. The lowest BCUT2D eigenvalue weighted by Crippen LogP contribution is -2.16. The van der Waals surface area contributed by atoms with Crippen molar-refractivity contribution in [3.63, 3.8) is 0 Å². The van der Waals surface area contributed by atoms with E-state index in [0.717, 1.165) is 34.7 Å². The first-order valence-electron chi connectivity index (χ1n) is 7.53. The van der Waals surface area contributed by atoms with E-state index in [2.05, 4.69) is 22.1 Å². The highest BCUT2D eigenvalue weighted by Gasteiger charge is 2.11. The third kappa shape index (κ3) is 3.71. The summed E-state index contributed by atoms with van der Waals surface area (Å²) in [5.74, 6) is 0. The first kappa shape index (κ1) is 15.6. The molecule has 2 heterocycles. The molecule has 116 valence electrons. The van der Waals surface area contributed by atoms with E-state index in [4.69, 9.17) is 0 Å². The predicted molar refractivity (Wildman–Crippen MR) is 95.9 cm³/mol. The Bertz CT molecular complexity index is 829. The van der Waals surface area contributed by atoms with E-state index in [9.17, 15) is 4.79 Å². The summed E-state index contributed by atoms with van der Waals surface area (Å²) in [6.45, 7) is 0. The molecular weight excluding hydrogens is 304 g/mol. The number of hydrogen-bond acceptors (Lipinski definition) is 3. The van der Waals surface area contributed by atoms with E-state index in [1.807, 2.05) is 48.7 Å². The number of nitrogens with zero attached hydrogens (tertiary/aromatic N) is 1. The lowest BCUT2D eigenvalue weighted by atomic mass is 10.0. The number of benzene rings is 1. The van der Waals surface area contributed by atoms with E-state index >= 15 is 0 Å². The summed E-state index contributed by atoms with van der Waals surface area (Å²) >= 11 is 1.61. The molecule has 4 heteroatoms. The van der Waals surface area contributed by atoms with Crippen LogP contribution in [0.1, 0.15) is 11.1 Å². The number of H-pyrrole nitrogens is 1. The predicted octanol–water partition coefficient (Wildman–Crippen LogP) is 3.94. The van der Waals surface area contributed by atoms with Gasteiger partial charge in [0.2, 0.25) is 0 Å². The Morgan fingerprint density at radius 3 is 2.52 bits per heavy atom. The van der Waals surface area contributed by atoms with E-state index in [-0.39, 0.29) is 5.56 Å². The number of rotatable bonds is 5. The van der Waals surface area contributed by atoms with Gasteiger partial charge in [0.1, 0.15) is 0 Å². The van der Waals surface area contributed by atoms with Gasteiger partial charge in [0, 0.05) is 16.7 Å². The Kier molecular flexibility index (Phi) is 4.93. The van der Waals surface area contributed by atoms with Crippen molar-refractivity contribution < 1.29 is 0 Å². The molecule has 0 aliphatic carbocycles. The second-order valence-electron chi connectivity index (χ2n) is 5.26. The number of aryl methyl sites for hydroxylation is 1. The molecule has 2 aromatic heterocycles. The van der Waals surface area contributed by atoms with Crippen molar-refractivity contribution in [3.8, 4) is 11.4 Å². The van der Waals surface area contributed by atoms with Crippen molar-refractivity contribution >= 4 is 11.8 Å². The summed E-state index contributed by atoms with van der Waals surface area (Å²) in [6, 6.07) is 18.0. The maximum absolute atomic E-state index is 12.5. The van der Waals surface area contributed by atoms with E-state index in [1.54, 1.807) is 18.0 Å². The van der Waals surface area contributed by atoms with E-state index in [0.29, 0.717) is 0 Å². The monoisotopic (exact) mass is 322 g/mol. The van der Waals surface area contributed by atoms with Crippen LogP contribution in [-0.2, 0) is 12.8 Å². The first-order valence-corrected chi connectivity index (χ1v) is 8.76. The summed E-state index contributed by atoms with van der Waals surface area (Å²) in [4.78, 5) is 20.8. The van der Waals surface area contributed by atoms with Crippen LogP contribution in [0.15, 0.2) is 70.5 Å². The van der Waals surface area contributed by atoms with Crippen LogP contribution in [0.2, 0.25) is 0 Å². The maximum atomic E-state index is 12.5. The molecule has 0 bridgehead atoms. The molecular formula is C19H18N2OS. The van der Waals surface area contributed by atoms with Gasteiger partial charge in [-0.25, -0.2) is 0 Å². The van der Waals surface area contributed by atoms with Crippen LogP contribution in [0.5, 0.6) is 0 Å². The molecule has 0 saturated heterocycles. The van der Waals surface area contributed by atoms with Crippen molar-refractivity contribution in [2.45, 2.75) is 17.7 Å². The maximum Gasteiger partial charge on any atom is 0.252 e. The van der Waals surface area contributed by atoms with Crippen LogP contribution in [0, 0.1) is 0 Å². The van der Waals surface area contributed by atoms with Gasteiger partial charge in [-0.05, 0) is 42.9 Å². The van der Waals surface area contributed by atoms with Crippen molar-refractivity contribution in [2.24, 2.45) is 0 Å². The number of pyridine rings is 2. The fraction of sp³-hybridized carbons (Fsp3) is 0.158. The lowest BCUT2D eigenvalue weighted by molar-refractivity contribution is 0.904. The van der Waals surface area contributed by atoms with Crippen LogP contribution in [-0.4, -0.2) is 16.2 Å². The average Bonchev–Trinajstić information content (AvgIpc) is 2.61. The van der Waals surface area contributed by atoms with Crippen molar-refractivity contribution in [3.05, 3.63) is 82.3 Å². The topological polar surface area (TPSA) is 45.8 Å². The normalized spacial score (nSPS) is 10.7. The van der Waals surface area contributed by atoms with Gasteiger partial charge >= 0.3 is 0 Å². The smallest absolute Gasteiger partial charge is 0.252 e. The van der Waals surface area contributed by atoms with Gasteiger partial charge in [0.05, 0.1) is 11.4 Å². The minimum Gasteiger partial charge on any atom is -0.320 e. The molecule has 3 rings (SSSR count). The Hall–Kier alpha value is -2.33. The molecule has 0 amide bonds. The number of hydrogen-bond donors (Lipinski definition) is 1. The quantitative estimate of drug-likeness (QED) is 0.724. The van der Waals surface area contributed by atoms with Gasteiger partial charge in [-0.15, -0.1) is 11.8 Å². The molecule has 0 aliphatic rings. The van der Waals surface area contributed by atoms with Gasteiger partial charge in [-0.2, -0.15) is 0 Å². The summed E-state index contributed by atoms with van der Waals surface area (Å²) in [5, 5.41) is 0. The lowest BCUT2D eigenvalue weighted by Gasteiger charge is -2.09. The Morgan fingerprint density at radius 1 is 1.04 bits per heavy atom.